The van der Waals surface area contributed by atoms with Crippen LogP contribution in [0.5, 0.6) is 0 Å². The second-order valence-electron chi connectivity index (χ2n) is 5.78. The van der Waals surface area contributed by atoms with Crippen LogP contribution in [0.25, 0.3) is 0 Å². The van der Waals surface area contributed by atoms with Crippen LogP contribution in [-0.2, 0) is 17.1 Å². The van der Waals surface area contributed by atoms with Gasteiger partial charge in [-0.2, -0.15) is 9.40 Å². The van der Waals surface area contributed by atoms with Crippen molar-refractivity contribution in [3.8, 4) is 0 Å². The number of hydrogen-bond donors (Lipinski definition) is 0. The molecule has 0 aromatic carbocycles. The van der Waals surface area contributed by atoms with Crippen molar-refractivity contribution in [2.45, 2.75) is 30.6 Å². The Morgan fingerprint density at radius 1 is 1.36 bits per heavy atom. The lowest BCUT2D eigenvalue weighted by Crippen LogP contribution is -2.39. The molecule has 1 saturated heterocycles. The van der Waals surface area contributed by atoms with Crippen LogP contribution in [0.1, 0.15) is 30.0 Å². The third-order valence-electron chi connectivity index (χ3n) is 4.10. The number of aromatic nitrogens is 3. The number of piperidine rings is 1. The van der Waals surface area contributed by atoms with Crippen LogP contribution in [0.3, 0.4) is 0 Å². The summed E-state index contributed by atoms with van der Waals surface area (Å²) in [7, 11) is -1.74. The molecular formula is C15H20N4O2S. The average molecular weight is 320 g/mol. The van der Waals surface area contributed by atoms with E-state index in [9.17, 15) is 8.42 Å². The molecule has 0 N–H and O–H groups in total. The first-order chi connectivity index (χ1) is 10.5. The zero-order chi connectivity index (χ0) is 15.7. The Morgan fingerprint density at radius 3 is 2.86 bits per heavy atom. The number of aryl methyl sites for hydroxylation is 2. The van der Waals surface area contributed by atoms with Crippen LogP contribution in [0.15, 0.2) is 35.6 Å². The van der Waals surface area contributed by atoms with Gasteiger partial charge in [0.15, 0.2) is 0 Å². The molecule has 0 saturated carbocycles. The van der Waals surface area contributed by atoms with E-state index in [0.717, 1.165) is 18.5 Å². The molecule has 1 fully saturated rings. The van der Waals surface area contributed by atoms with Crippen LogP contribution in [0.4, 0.5) is 0 Å². The lowest BCUT2D eigenvalue weighted by molar-refractivity contribution is 0.315. The van der Waals surface area contributed by atoms with Gasteiger partial charge >= 0.3 is 0 Å². The van der Waals surface area contributed by atoms with Crippen LogP contribution in [0, 0.1) is 6.92 Å². The van der Waals surface area contributed by atoms with Crippen molar-refractivity contribution in [3.63, 3.8) is 0 Å². The second-order valence-corrected chi connectivity index (χ2v) is 7.72. The van der Waals surface area contributed by atoms with Crippen LogP contribution < -0.4 is 0 Å². The van der Waals surface area contributed by atoms with E-state index in [1.54, 1.807) is 23.7 Å². The van der Waals surface area contributed by atoms with E-state index in [0.29, 0.717) is 13.1 Å². The zero-order valence-electron chi connectivity index (χ0n) is 12.8. The predicted molar refractivity (Wildman–Crippen MR) is 82.9 cm³/mol. The van der Waals surface area contributed by atoms with E-state index in [1.165, 1.54) is 16.4 Å². The summed E-state index contributed by atoms with van der Waals surface area (Å²) in [6.45, 7) is 3.04. The first kappa shape index (κ1) is 15.2. The van der Waals surface area contributed by atoms with Crippen molar-refractivity contribution in [2.24, 2.45) is 7.05 Å². The van der Waals surface area contributed by atoms with E-state index in [1.807, 2.05) is 19.1 Å². The summed E-state index contributed by atoms with van der Waals surface area (Å²) in [5.41, 5.74) is 2.13. The second kappa shape index (κ2) is 5.81. The predicted octanol–water partition coefficient (Wildman–Crippen LogP) is 1.69. The first-order valence-corrected chi connectivity index (χ1v) is 8.82. The highest BCUT2D eigenvalue weighted by atomic mass is 32.2. The Kier molecular flexibility index (Phi) is 4.01. The molecule has 22 heavy (non-hydrogen) atoms. The van der Waals surface area contributed by atoms with Gasteiger partial charge in [0.05, 0.1) is 6.20 Å². The van der Waals surface area contributed by atoms with Crippen molar-refractivity contribution in [1.82, 2.24) is 19.1 Å². The minimum Gasteiger partial charge on any atom is -0.274 e. The summed E-state index contributed by atoms with van der Waals surface area (Å²) in [5, 5.41) is 3.97. The molecule has 0 aliphatic carbocycles. The number of nitrogens with zero attached hydrogens (tertiary/aromatic N) is 4. The average Bonchev–Trinajstić information content (AvgIpc) is 2.95. The maximum Gasteiger partial charge on any atom is 0.246 e. The van der Waals surface area contributed by atoms with Gasteiger partial charge in [0.2, 0.25) is 10.0 Å². The fraction of sp³-hybridized carbons (Fsp3) is 0.467. The van der Waals surface area contributed by atoms with E-state index < -0.39 is 10.0 Å². The molecule has 0 radical (unpaired) electrons. The summed E-state index contributed by atoms with van der Waals surface area (Å²) in [5.74, 6) is 0.224. The minimum absolute atomic E-state index is 0.224. The Bertz CT molecular complexity index is 769. The lowest BCUT2D eigenvalue weighted by atomic mass is 9.92. The third kappa shape index (κ3) is 2.91. The molecule has 3 heterocycles. The van der Waals surface area contributed by atoms with Crippen molar-refractivity contribution >= 4 is 10.0 Å². The summed E-state index contributed by atoms with van der Waals surface area (Å²) < 4.78 is 28.5. The van der Waals surface area contributed by atoms with Crippen molar-refractivity contribution in [3.05, 3.63) is 42.0 Å². The summed E-state index contributed by atoms with van der Waals surface area (Å²) >= 11 is 0. The van der Waals surface area contributed by atoms with Crippen LogP contribution in [0.2, 0.25) is 0 Å². The van der Waals surface area contributed by atoms with E-state index >= 15 is 0 Å². The summed E-state index contributed by atoms with van der Waals surface area (Å²) in [6.07, 6.45) is 6.62. The molecule has 0 spiro atoms. The highest BCUT2D eigenvalue weighted by Crippen LogP contribution is 2.30. The topological polar surface area (TPSA) is 68.1 Å². The van der Waals surface area contributed by atoms with Gasteiger partial charge in [-0.3, -0.25) is 9.67 Å². The molecule has 1 unspecified atom stereocenters. The monoisotopic (exact) mass is 320 g/mol. The lowest BCUT2D eigenvalue weighted by Gasteiger charge is -2.31. The van der Waals surface area contributed by atoms with E-state index in [4.69, 9.17) is 0 Å². The Morgan fingerprint density at radius 2 is 2.18 bits per heavy atom. The highest BCUT2D eigenvalue weighted by Gasteiger charge is 2.31. The molecule has 3 rings (SSSR count). The Hall–Kier alpha value is -1.73. The minimum atomic E-state index is -3.46. The molecular weight excluding hydrogens is 300 g/mol. The number of pyridine rings is 1. The van der Waals surface area contributed by atoms with Crippen molar-refractivity contribution in [2.75, 3.05) is 13.1 Å². The van der Waals surface area contributed by atoms with Gasteiger partial charge in [0.25, 0.3) is 0 Å². The zero-order valence-corrected chi connectivity index (χ0v) is 13.6. The Balaban J connectivity index is 1.84. The molecule has 6 nitrogen and oxygen atoms in total. The van der Waals surface area contributed by atoms with Crippen LogP contribution >= 0.6 is 0 Å². The maximum absolute atomic E-state index is 12.7. The SMILES string of the molecule is Cc1cc(C2CCCN(S(=O)(=O)c3cnn(C)c3)C2)ccn1. The third-order valence-corrected chi connectivity index (χ3v) is 5.91. The molecule has 0 amide bonds. The van der Waals surface area contributed by atoms with Gasteiger partial charge in [-0.15, -0.1) is 0 Å². The van der Waals surface area contributed by atoms with Crippen molar-refractivity contribution in [1.29, 1.82) is 0 Å². The summed E-state index contributed by atoms with van der Waals surface area (Å²) in [4.78, 5) is 4.48. The summed E-state index contributed by atoms with van der Waals surface area (Å²) in [6, 6.07) is 4.03. The first-order valence-electron chi connectivity index (χ1n) is 7.38. The highest BCUT2D eigenvalue weighted by molar-refractivity contribution is 7.89. The molecule has 1 aliphatic heterocycles. The molecule has 118 valence electrons. The fourth-order valence-corrected chi connectivity index (χ4v) is 4.45. The molecule has 0 bridgehead atoms. The Labute approximate surface area is 130 Å². The van der Waals surface area contributed by atoms with Gasteiger partial charge in [0.1, 0.15) is 4.90 Å². The van der Waals surface area contributed by atoms with Gasteiger partial charge in [-0.25, -0.2) is 8.42 Å². The standard InChI is InChI=1S/C15H20N4O2S/c1-12-8-13(5-6-16-12)14-4-3-7-19(10-14)22(20,21)15-9-17-18(2)11-15/h5-6,8-9,11,14H,3-4,7,10H2,1-2H3. The van der Waals surface area contributed by atoms with E-state index in [2.05, 4.69) is 10.1 Å². The number of hydrogen-bond acceptors (Lipinski definition) is 4. The van der Waals surface area contributed by atoms with Crippen molar-refractivity contribution < 1.29 is 8.42 Å². The number of rotatable bonds is 3. The van der Waals surface area contributed by atoms with Gasteiger partial charge in [-0.05, 0) is 43.4 Å². The fourth-order valence-electron chi connectivity index (χ4n) is 2.94. The van der Waals surface area contributed by atoms with E-state index in [-0.39, 0.29) is 10.8 Å². The van der Waals surface area contributed by atoms with Crippen LogP contribution in [-0.4, -0.2) is 40.6 Å². The maximum atomic E-state index is 12.7. The molecule has 7 heteroatoms. The van der Waals surface area contributed by atoms with Gasteiger partial charge < -0.3 is 0 Å². The molecule has 1 atom stereocenters. The normalized spacial score (nSPS) is 20.2. The van der Waals surface area contributed by atoms with Gasteiger partial charge in [-0.1, -0.05) is 0 Å². The molecule has 2 aromatic rings. The number of sulfonamides is 1. The van der Waals surface area contributed by atoms with Gasteiger partial charge in [0, 0.05) is 38.2 Å². The smallest absolute Gasteiger partial charge is 0.246 e. The largest absolute Gasteiger partial charge is 0.274 e. The molecule has 1 aliphatic rings. The molecule has 2 aromatic heterocycles. The quantitative estimate of drug-likeness (QED) is 0.863.